The Morgan fingerprint density at radius 2 is 2.29 bits per heavy atom. The number of hydrogen-bond donors (Lipinski definition) is 0. The van der Waals surface area contributed by atoms with E-state index < -0.39 is 0 Å². The van der Waals surface area contributed by atoms with Crippen LogP contribution in [-0.2, 0) is 15.2 Å². The van der Waals surface area contributed by atoms with Crippen molar-refractivity contribution in [2.45, 2.75) is 24.7 Å². The molecule has 1 aromatic rings. The van der Waals surface area contributed by atoms with Gasteiger partial charge in [-0.15, -0.1) is 0 Å². The number of pyridine rings is 1. The Balaban J connectivity index is 1.66. The molecule has 0 spiro atoms. The lowest BCUT2D eigenvalue weighted by molar-refractivity contribution is 0.0226. The van der Waals surface area contributed by atoms with Gasteiger partial charge in [0.15, 0.2) is 11.5 Å². The van der Waals surface area contributed by atoms with Crippen LogP contribution < -0.4 is 9.47 Å². The van der Waals surface area contributed by atoms with Crippen LogP contribution in [0.3, 0.4) is 0 Å². The molecule has 0 radical (unpaired) electrons. The Morgan fingerprint density at radius 1 is 1.38 bits per heavy atom. The monoisotopic (exact) mass is 313 g/mol. The van der Waals surface area contributed by atoms with Gasteiger partial charge in [-0.25, -0.2) is 0 Å². The molecule has 0 amide bonds. The predicted molar refractivity (Wildman–Crippen MR) is 83.3 cm³/mol. The van der Waals surface area contributed by atoms with E-state index in [1.807, 2.05) is 0 Å². The number of hydrogen-bond acceptors (Lipinski definition) is 6. The number of ether oxygens (including phenoxy) is 4. The first-order valence-electron chi connectivity index (χ1n) is 7.18. The number of nitrogens with zero attached hydrogens (tertiary/aromatic N) is 1. The molecule has 2 rings (SSSR count). The van der Waals surface area contributed by atoms with E-state index in [-0.39, 0.29) is 0 Å². The molecule has 1 atom stereocenters. The first-order valence-corrected chi connectivity index (χ1v) is 8.33. The van der Waals surface area contributed by atoms with E-state index in [4.69, 9.17) is 18.9 Å². The second kappa shape index (κ2) is 9.12. The minimum Gasteiger partial charge on any atom is -0.493 e. The number of thioether (sulfide) groups is 1. The van der Waals surface area contributed by atoms with Crippen LogP contribution in [-0.4, -0.2) is 50.9 Å². The van der Waals surface area contributed by atoms with E-state index in [2.05, 4.69) is 4.98 Å². The average Bonchev–Trinajstić information content (AvgIpc) is 3.03. The van der Waals surface area contributed by atoms with Gasteiger partial charge >= 0.3 is 0 Å². The summed E-state index contributed by atoms with van der Waals surface area (Å²) in [4.78, 5) is 4.35. The molecule has 0 aromatic carbocycles. The molecule has 118 valence electrons. The molecule has 1 aliphatic rings. The van der Waals surface area contributed by atoms with Crippen molar-refractivity contribution in [3.63, 3.8) is 0 Å². The molecule has 1 unspecified atom stereocenters. The van der Waals surface area contributed by atoms with Crippen molar-refractivity contribution in [3.05, 3.63) is 18.0 Å². The third-order valence-corrected chi connectivity index (χ3v) is 4.24. The minimum atomic E-state index is 0.301. The largest absolute Gasteiger partial charge is 0.493 e. The highest BCUT2D eigenvalue weighted by molar-refractivity contribution is 7.98. The Kier molecular flexibility index (Phi) is 7.12. The maximum atomic E-state index is 5.63. The molecular weight excluding hydrogens is 290 g/mol. The second-order valence-electron chi connectivity index (χ2n) is 4.76. The summed E-state index contributed by atoms with van der Waals surface area (Å²) in [5.74, 6) is 3.14. The van der Waals surface area contributed by atoms with E-state index in [0.29, 0.717) is 18.5 Å². The molecule has 6 heteroatoms. The highest BCUT2D eigenvalue weighted by Gasteiger charge is 2.15. The Hall–Kier alpha value is -0.980. The molecule has 0 bridgehead atoms. The van der Waals surface area contributed by atoms with Crippen LogP contribution in [0.25, 0.3) is 0 Å². The van der Waals surface area contributed by atoms with Crippen LogP contribution in [0.5, 0.6) is 11.5 Å². The third kappa shape index (κ3) is 5.05. The van der Waals surface area contributed by atoms with Crippen molar-refractivity contribution in [1.29, 1.82) is 0 Å². The topological polar surface area (TPSA) is 49.8 Å². The van der Waals surface area contributed by atoms with Gasteiger partial charge in [-0.05, 0) is 12.8 Å². The summed E-state index contributed by atoms with van der Waals surface area (Å²) in [5.41, 5.74) is 0.904. The van der Waals surface area contributed by atoms with Crippen LogP contribution >= 0.6 is 11.8 Å². The van der Waals surface area contributed by atoms with Gasteiger partial charge in [-0.1, -0.05) is 0 Å². The van der Waals surface area contributed by atoms with E-state index in [0.717, 1.165) is 49.0 Å². The van der Waals surface area contributed by atoms with Gasteiger partial charge in [-0.3, -0.25) is 4.98 Å². The van der Waals surface area contributed by atoms with Crippen molar-refractivity contribution < 1.29 is 18.9 Å². The van der Waals surface area contributed by atoms with Crippen LogP contribution in [0.4, 0.5) is 0 Å². The fourth-order valence-corrected chi connectivity index (χ4v) is 3.01. The van der Waals surface area contributed by atoms with E-state index in [1.165, 1.54) is 0 Å². The van der Waals surface area contributed by atoms with Crippen LogP contribution in [0.15, 0.2) is 12.3 Å². The zero-order valence-corrected chi connectivity index (χ0v) is 13.5. The van der Waals surface area contributed by atoms with Crippen molar-refractivity contribution >= 4 is 11.8 Å². The fourth-order valence-electron chi connectivity index (χ4n) is 2.23. The molecule has 1 saturated heterocycles. The zero-order chi connectivity index (χ0) is 14.9. The lowest BCUT2D eigenvalue weighted by Crippen LogP contribution is -2.15. The molecule has 1 fully saturated rings. The molecule has 1 aliphatic heterocycles. The SMILES string of the molecule is COc1ccnc(CSCCOCC2CCCO2)c1OC. The molecule has 5 nitrogen and oxygen atoms in total. The summed E-state index contributed by atoms with van der Waals surface area (Å²) in [6.45, 7) is 2.32. The van der Waals surface area contributed by atoms with E-state index in [1.54, 1.807) is 38.2 Å². The van der Waals surface area contributed by atoms with Crippen molar-refractivity contribution in [2.75, 3.05) is 39.8 Å². The van der Waals surface area contributed by atoms with Crippen molar-refractivity contribution in [1.82, 2.24) is 4.98 Å². The molecule has 0 saturated carbocycles. The molecule has 21 heavy (non-hydrogen) atoms. The fraction of sp³-hybridized carbons (Fsp3) is 0.667. The van der Waals surface area contributed by atoms with Gasteiger partial charge in [0.05, 0.1) is 39.2 Å². The van der Waals surface area contributed by atoms with Crippen molar-refractivity contribution in [3.8, 4) is 11.5 Å². The van der Waals surface area contributed by atoms with Gasteiger partial charge in [0.25, 0.3) is 0 Å². The lowest BCUT2D eigenvalue weighted by Gasteiger charge is -2.12. The van der Waals surface area contributed by atoms with Gasteiger partial charge in [0, 0.05) is 30.4 Å². The maximum Gasteiger partial charge on any atom is 0.183 e. The minimum absolute atomic E-state index is 0.301. The summed E-state index contributed by atoms with van der Waals surface area (Å²) in [7, 11) is 3.27. The molecule has 2 heterocycles. The number of methoxy groups -OCH3 is 2. The summed E-state index contributed by atoms with van der Waals surface area (Å²) in [6.07, 6.45) is 4.32. The summed E-state index contributed by atoms with van der Waals surface area (Å²) in [5, 5.41) is 0. The van der Waals surface area contributed by atoms with Crippen LogP contribution in [0.1, 0.15) is 18.5 Å². The standard InChI is InChI=1S/C15H23NO4S/c1-17-14-5-6-16-13(15(14)18-2)11-21-9-8-19-10-12-4-3-7-20-12/h5-6,12H,3-4,7-11H2,1-2H3. The first-order chi connectivity index (χ1) is 10.3. The quantitative estimate of drug-likeness (QED) is 0.653. The molecule has 0 aliphatic carbocycles. The number of rotatable bonds is 9. The summed E-state index contributed by atoms with van der Waals surface area (Å²) >= 11 is 1.77. The summed E-state index contributed by atoms with van der Waals surface area (Å²) < 4.78 is 21.8. The zero-order valence-electron chi connectivity index (χ0n) is 12.7. The average molecular weight is 313 g/mol. The highest BCUT2D eigenvalue weighted by Crippen LogP contribution is 2.31. The third-order valence-electron chi connectivity index (χ3n) is 3.30. The second-order valence-corrected chi connectivity index (χ2v) is 5.86. The van der Waals surface area contributed by atoms with E-state index >= 15 is 0 Å². The molecular formula is C15H23NO4S. The summed E-state index contributed by atoms with van der Waals surface area (Å²) in [6, 6.07) is 1.80. The Bertz CT molecular complexity index is 424. The number of aromatic nitrogens is 1. The van der Waals surface area contributed by atoms with Gasteiger partial charge in [-0.2, -0.15) is 11.8 Å². The van der Waals surface area contributed by atoms with Crippen molar-refractivity contribution in [2.24, 2.45) is 0 Å². The Morgan fingerprint density at radius 3 is 3.00 bits per heavy atom. The highest BCUT2D eigenvalue weighted by atomic mass is 32.2. The van der Waals surface area contributed by atoms with E-state index in [9.17, 15) is 0 Å². The van der Waals surface area contributed by atoms with Gasteiger partial charge < -0.3 is 18.9 Å². The van der Waals surface area contributed by atoms with Crippen LogP contribution in [0, 0.1) is 0 Å². The lowest BCUT2D eigenvalue weighted by atomic mass is 10.2. The predicted octanol–water partition coefficient (Wildman–Crippen LogP) is 2.53. The van der Waals surface area contributed by atoms with Gasteiger partial charge in [0.2, 0.25) is 0 Å². The molecule has 1 aromatic heterocycles. The maximum absolute atomic E-state index is 5.63. The normalized spacial score (nSPS) is 17.9. The van der Waals surface area contributed by atoms with Crippen LogP contribution in [0.2, 0.25) is 0 Å². The smallest absolute Gasteiger partial charge is 0.183 e. The first kappa shape index (κ1) is 16.4. The Labute approximate surface area is 130 Å². The van der Waals surface area contributed by atoms with Gasteiger partial charge in [0.1, 0.15) is 0 Å². The molecule has 0 N–H and O–H groups in total.